The molecule has 2 nitrogen and oxygen atoms in total. The fourth-order valence-corrected chi connectivity index (χ4v) is 1.72. The van der Waals surface area contributed by atoms with Crippen molar-refractivity contribution in [3.8, 4) is 0 Å². The highest BCUT2D eigenvalue weighted by atomic mass is 79.9. The molecule has 0 spiro atoms. The highest BCUT2D eigenvalue weighted by Gasteiger charge is 2.14. The van der Waals surface area contributed by atoms with E-state index in [4.69, 9.17) is 17.3 Å². The first-order valence-electron chi connectivity index (χ1n) is 3.91. The molecule has 2 atom stereocenters. The number of aliphatic hydroxyl groups is 1. The van der Waals surface area contributed by atoms with Gasteiger partial charge in [-0.15, -0.1) is 0 Å². The minimum Gasteiger partial charge on any atom is -0.391 e. The predicted molar refractivity (Wildman–Crippen MR) is 57.8 cm³/mol. The Morgan fingerprint density at radius 3 is 2.69 bits per heavy atom. The molecule has 0 fully saturated rings. The zero-order chi connectivity index (χ0) is 10.0. The monoisotopic (exact) mass is 263 g/mol. The summed E-state index contributed by atoms with van der Waals surface area (Å²) in [6.45, 7) is 1.65. The van der Waals surface area contributed by atoms with Crippen LogP contribution >= 0.6 is 27.5 Å². The molecule has 3 N–H and O–H groups in total. The molecule has 0 aliphatic rings. The summed E-state index contributed by atoms with van der Waals surface area (Å²) >= 11 is 9.16. The maximum atomic E-state index is 9.30. The summed E-state index contributed by atoms with van der Waals surface area (Å²) < 4.78 is 0.866. The third-order valence-electron chi connectivity index (χ3n) is 1.84. The summed E-state index contributed by atoms with van der Waals surface area (Å²) in [5.74, 6) is 0. The Morgan fingerprint density at radius 2 is 2.15 bits per heavy atom. The summed E-state index contributed by atoms with van der Waals surface area (Å²) in [6, 6.07) is 4.93. The molecular weight excluding hydrogens is 253 g/mol. The first kappa shape index (κ1) is 11.0. The average Bonchev–Trinajstić information content (AvgIpc) is 2.08. The molecule has 0 unspecified atom stereocenters. The third-order valence-corrected chi connectivity index (χ3v) is 2.79. The molecule has 1 aromatic carbocycles. The van der Waals surface area contributed by atoms with Gasteiger partial charge in [-0.25, -0.2) is 0 Å². The molecule has 0 radical (unpaired) electrons. The van der Waals surface area contributed by atoms with E-state index in [1.807, 2.05) is 6.07 Å². The molecule has 0 saturated carbocycles. The zero-order valence-corrected chi connectivity index (χ0v) is 9.51. The van der Waals surface area contributed by atoms with Crippen LogP contribution in [0.25, 0.3) is 0 Å². The second kappa shape index (κ2) is 4.42. The number of aliphatic hydroxyl groups excluding tert-OH is 1. The lowest BCUT2D eigenvalue weighted by Crippen LogP contribution is -2.23. The SMILES string of the molecule is C[C@H](O)[C@@H](N)c1cc(Cl)ccc1Br. The van der Waals surface area contributed by atoms with Gasteiger partial charge in [0.15, 0.2) is 0 Å². The lowest BCUT2D eigenvalue weighted by Gasteiger charge is -2.16. The van der Waals surface area contributed by atoms with Gasteiger partial charge in [0.05, 0.1) is 12.1 Å². The summed E-state index contributed by atoms with van der Waals surface area (Å²) in [5, 5.41) is 9.92. The third kappa shape index (κ3) is 2.68. The van der Waals surface area contributed by atoms with Crippen LogP contribution < -0.4 is 5.73 Å². The molecule has 72 valence electrons. The Bertz CT molecular complexity index is 304. The van der Waals surface area contributed by atoms with Crippen molar-refractivity contribution in [3.05, 3.63) is 33.3 Å². The average molecular weight is 265 g/mol. The number of rotatable bonds is 2. The Hall–Kier alpha value is -0.0900. The first-order valence-corrected chi connectivity index (χ1v) is 5.08. The first-order chi connectivity index (χ1) is 6.02. The van der Waals surface area contributed by atoms with Crippen LogP contribution in [-0.4, -0.2) is 11.2 Å². The van der Waals surface area contributed by atoms with Crippen molar-refractivity contribution in [3.63, 3.8) is 0 Å². The van der Waals surface area contributed by atoms with E-state index in [2.05, 4.69) is 15.9 Å². The van der Waals surface area contributed by atoms with Crippen molar-refractivity contribution in [1.82, 2.24) is 0 Å². The highest BCUT2D eigenvalue weighted by molar-refractivity contribution is 9.10. The van der Waals surface area contributed by atoms with Crippen LogP contribution in [0.1, 0.15) is 18.5 Å². The minimum absolute atomic E-state index is 0.409. The van der Waals surface area contributed by atoms with E-state index in [9.17, 15) is 5.11 Å². The zero-order valence-electron chi connectivity index (χ0n) is 7.17. The minimum atomic E-state index is -0.588. The van der Waals surface area contributed by atoms with Gasteiger partial charge in [0.2, 0.25) is 0 Å². The number of hydrogen-bond acceptors (Lipinski definition) is 2. The van der Waals surface area contributed by atoms with Gasteiger partial charge < -0.3 is 10.8 Å². The molecule has 4 heteroatoms. The number of benzene rings is 1. The second-order valence-electron chi connectivity index (χ2n) is 2.93. The van der Waals surface area contributed by atoms with Crippen molar-refractivity contribution in [2.24, 2.45) is 5.73 Å². The number of hydrogen-bond donors (Lipinski definition) is 2. The molecule has 0 heterocycles. The lowest BCUT2D eigenvalue weighted by molar-refractivity contribution is 0.164. The predicted octanol–water partition coefficient (Wildman–Crippen LogP) is 2.48. The summed E-state index contributed by atoms with van der Waals surface area (Å²) in [4.78, 5) is 0. The van der Waals surface area contributed by atoms with Crippen LogP contribution in [0.5, 0.6) is 0 Å². The van der Waals surface area contributed by atoms with Crippen LogP contribution in [0.3, 0.4) is 0 Å². The van der Waals surface area contributed by atoms with Gasteiger partial charge in [-0.05, 0) is 30.7 Å². The summed E-state index contributed by atoms with van der Waals surface area (Å²) in [7, 11) is 0. The smallest absolute Gasteiger partial charge is 0.0705 e. The molecule has 0 saturated heterocycles. The fourth-order valence-electron chi connectivity index (χ4n) is 1.03. The molecule has 0 amide bonds. The van der Waals surface area contributed by atoms with Crippen molar-refractivity contribution in [2.75, 3.05) is 0 Å². The molecule has 13 heavy (non-hydrogen) atoms. The second-order valence-corrected chi connectivity index (χ2v) is 4.22. The van der Waals surface area contributed by atoms with E-state index in [0.717, 1.165) is 10.0 Å². The molecular formula is C9H11BrClNO. The maximum Gasteiger partial charge on any atom is 0.0705 e. The number of halogens is 2. The number of nitrogens with two attached hydrogens (primary N) is 1. The van der Waals surface area contributed by atoms with E-state index in [1.54, 1.807) is 19.1 Å². The van der Waals surface area contributed by atoms with Gasteiger partial charge >= 0.3 is 0 Å². The topological polar surface area (TPSA) is 46.2 Å². The van der Waals surface area contributed by atoms with E-state index >= 15 is 0 Å². The molecule has 1 rings (SSSR count). The van der Waals surface area contributed by atoms with Gasteiger partial charge in [0.1, 0.15) is 0 Å². The van der Waals surface area contributed by atoms with Crippen LogP contribution in [0.2, 0.25) is 5.02 Å². The van der Waals surface area contributed by atoms with E-state index in [0.29, 0.717) is 5.02 Å². The molecule has 1 aromatic rings. The van der Waals surface area contributed by atoms with Crippen LogP contribution in [0.4, 0.5) is 0 Å². The Labute approximate surface area is 90.8 Å². The van der Waals surface area contributed by atoms with Gasteiger partial charge in [0, 0.05) is 9.50 Å². The standard InChI is InChI=1S/C9H11BrClNO/c1-5(13)9(12)7-4-6(11)2-3-8(7)10/h2-5,9,13H,12H2,1H3/t5-,9+/m0/s1. The quantitative estimate of drug-likeness (QED) is 0.862. The normalized spacial score (nSPS) is 15.5. The summed E-state index contributed by atoms with van der Waals surface area (Å²) in [6.07, 6.45) is -0.588. The summed E-state index contributed by atoms with van der Waals surface area (Å²) in [5.41, 5.74) is 6.59. The Balaban J connectivity index is 3.05. The molecule has 0 aliphatic heterocycles. The van der Waals surface area contributed by atoms with E-state index in [1.165, 1.54) is 0 Å². The van der Waals surface area contributed by atoms with Crippen molar-refractivity contribution in [2.45, 2.75) is 19.1 Å². The highest BCUT2D eigenvalue weighted by Crippen LogP contribution is 2.26. The van der Waals surface area contributed by atoms with Crippen molar-refractivity contribution < 1.29 is 5.11 Å². The van der Waals surface area contributed by atoms with Crippen LogP contribution in [0, 0.1) is 0 Å². The van der Waals surface area contributed by atoms with Crippen LogP contribution in [0.15, 0.2) is 22.7 Å². The molecule has 0 aliphatic carbocycles. The van der Waals surface area contributed by atoms with Crippen LogP contribution in [-0.2, 0) is 0 Å². The van der Waals surface area contributed by atoms with E-state index < -0.39 is 12.1 Å². The van der Waals surface area contributed by atoms with Crippen molar-refractivity contribution >= 4 is 27.5 Å². The largest absolute Gasteiger partial charge is 0.391 e. The van der Waals surface area contributed by atoms with Crippen molar-refractivity contribution in [1.29, 1.82) is 0 Å². The molecule has 0 aromatic heterocycles. The Morgan fingerprint density at radius 1 is 1.54 bits per heavy atom. The lowest BCUT2D eigenvalue weighted by atomic mass is 10.0. The Kier molecular flexibility index (Phi) is 3.74. The molecule has 0 bridgehead atoms. The van der Waals surface area contributed by atoms with E-state index in [-0.39, 0.29) is 0 Å². The maximum absolute atomic E-state index is 9.30. The van der Waals surface area contributed by atoms with Gasteiger partial charge in [-0.1, -0.05) is 27.5 Å². The fraction of sp³-hybridized carbons (Fsp3) is 0.333. The van der Waals surface area contributed by atoms with Gasteiger partial charge in [-0.2, -0.15) is 0 Å². The van der Waals surface area contributed by atoms with Gasteiger partial charge in [0.25, 0.3) is 0 Å². The van der Waals surface area contributed by atoms with Gasteiger partial charge in [-0.3, -0.25) is 0 Å².